The van der Waals surface area contributed by atoms with Crippen LogP contribution >= 0.6 is 0 Å². The van der Waals surface area contributed by atoms with Crippen molar-refractivity contribution in [2.24, 2.45) is 5.84 Å². The molecule has 0 aliphatic carbocycles. The fourth-order valence-electron chi connectivity index (χ4n) is 2.27. The molecule has 6 nitrogen and oxygen atoms in total. The van der Waals surface area contributed by atoms with Gasteiger partial charge in [0, 0.05) is 18.0 Å². The maximum Gasteiger partial charge on any atom is 0.148 e. The Morgan fingerprint density at radius 3 is 2.76 bits per heavy atom. The molecule has 0 fully saturated rings. The zero-order valence-electron chi connectivity index (χ0n) is 12.6. The van der Waals surface area contributed by atoms with Crippen LogP contribution in [0.25, 0.3) is 0 Å². The number of furan rings is 1. The predicted molar refractivity (Wildman–Crippen MR) is 84.0 cm³/mol. The summed E-state index contributed by atoms with van der Waals surface area (Å²) in [6.07, 6.45) is 6.99. The summed E-state index contributed by atoms with van der Waals surface area (Å²) in [5, 5.41) is 3.44. The summed E-state index contributed by atoms with van der Waals surface area (Å²) in [7, 11) is 0. The fourth-order valence-corrected chi connectivity index (χ4v) is 2.27. The maximum atomic E-state index is 5.52. The van der Waals surface area contributed by atoms with E-state index in [1.807, 2.05) is 12.1 Å². The zero-order valence-corrected chi connectivity index (χ0v) is 12.6. The number of nitrogens with two attached hydrogens (primary N) is 1. The number of nitrogens with one attached hydrogen (secondary N) is 2. The molecule has 4 N–H and O–H groups in total. The Bertz CT molecular complexity index is 541. The molecular weight excluding hydrogens is 266 g/mol. The van der Waals surface area contributed by atoms with Crippen molar-refractivity contribution in [2.45, 2.75) is 45.6 Å². The smallest absolute Gasteiger partial charge is 0.148 e. The number of aryl methyl sites for hydroxylation is 1. The van der Waals surface area contributed by atoms with E-state index in [0.717, 1.165) is 42.8 Å². The molecule has 0 spiro atoms. The van der Waals surface area contributed by atoms with E-state index in [4.69, 9.17) is 10.3 Å². The molecule has 2 heterocycles. The Balaban J connectivity index is 2.00. The van der Waals surface area contributed by atoms with Crippen molar-refractivity contribution in [2.75, 3.05) is 10.7 Å². The average molecular weight is 289 g/mol. The van der Waals surface area contributed by atoms with E-state index in [2.05, 4.69) is 34.6 Å². The first-order chi connectivity index (χ1) is 10.2. The van der Waals surface area contributed by atoms with Crippen LogP contribution in [-0.4, -0.2) is 16.0 Å². The lowest BCUT2D eigenvalue weighted by atomic mass is 10.1. The number of anilines is 2. The van der Waals surface area contributed by atoms with Gasteiger partial charge in [-0.3, -0.25) is 0 Å². The van der Waals surface area contributed by atoms with E-state index in [-0.39, 0.29) is 6.04 Å². The highest BCUT2D eigenvalue weighted by atomic mass is 16.3. The molecule has 2 aromatic rings. The molecule has 0 bridgehead atoms. The molecule has 0 aromatic carbocycles. The minimum atomic E-state index is 0.284. The van der Waals surface area contributed by atoms with Gasteiger partial charge in [-0.1, -0.05) is 13.3 Å². The molecule has 0 radical (unpaired) electrons. The van der Waals surface area contributed by atoms with Crippen LogP contribution in [0.4, 0.5) is 11.6 Å². The van der Waals surface area contributed by atoms with Crippen LogP contribution in [0.3, 0.4) is 0 Å². The quantitative estimate of drug-likeness (QED) is 0.511. The molecule has 0 aliphatic heterocycles. The van der Waals surface area contributed by atoms with Crippen molar-refractivity contribution in [3.05, 3.63) is 36.0 Å². The Labute approximate surface area is 125 Å². The van der Waals surface area contributed by atoms with Gasteiger partial charge in [0.25, 0.3) is 0 Å². The summed E-state index contributed by atoms with van der Waals surface area (Å²) in [6.45, 7) is 4.26. The lowest BCUT2D eigenvalue weighted by molar-refractivity contribution is 0.494. The monoisotopic (exact) mass is 289 g/mol. The number of nitrogens with zero attached hydrogens (tertiary/aromatic N) is 2. The first kappa shape index (κ1) is 15.3. The molecule has 114 valence electrons. The van der Waals surface area contributed by atoms with Gasteiger partial charge in [-0.2, -0.15) is 0 Å². The number of aromatic nitrogens is 2. The van der Waals surface area contributed by atoms with Gasteiger partial charge in [0.15, 0.2) is 0 Å². The first-order valence-corrected chi connectivity index (χ1v) is 7.34. The van der Waals surface area contributed by atoms with Gasteiger partial charge in [0.1, 0.15) is 23.7 Å². The minimum Gasteiger partial charge on any atom is -0.469 e. The van der Waals surface area contributed by atoms with Crippen LogP contribution in [-0.2, 0) is 12.8 Å². The number of rotatable bonds is 8. The second-order valence-electron chi connectivity index (χ2n) is 5.11. The van der Waals surface area contributed by atoms with E-state index in [0.29, 0.717) is 5.82 Å². The molecule has 0 amide bonds. The summed E-state index contributed by atoms with van der Waals surface area (Å²) in [4.78, 5) is 8.52. The molecule has 1 unspecified atom stereocenters. The largest absolute Gasteiger partial charge is 0.469 e. The summed E-state index contributed by atoms with van der Waals surface area (Å²) < 4.78 is 5.35. The maximum absolute atomic E-state index is 5.52. The normalized spacial score (nSPS) is 12.1. The van der Waals surface area contributed by atoms with Gasteiger partial charge in [-0.25, -0.2) is 15.8 Å². The topological polar surface area (TPSA) is 89.0 Å². The highest BCUT2D eigenvalue weighted by molar-refractivity contribution is 5.57. The van der Waals surface area contributed by atoms with E-state index >= 15 is 0 Å². The standard InChI is InChI=1S/C15H23N5O/c1-3-5-13-14(17-10-18-15(13)20-16)19-11(2)7-8-12-6-4-9-21-12/h4,6,9-11H,3,5,7-8,16H2,1-2H3,(H2,17,18,19,20). The number of hydrogen-bond acceptors (Lipinski definition) is 6. The van der Waals surface area contributed by atoms with Crippen molar-refractivity contribution in [1.82, 2.24) is 9.97 Å². The van der Waals surface area contributed by atoms with Crippen molar-refractivity contribution in [3.63, 3.8) is 0 Å². The van der Waals surface area contributed by atoms with Gasteiger partial charge in [-0.15, -0.1) is 0 Å². The van der Waals surface area contributed by atoms with E-state index in [1.54, 1.807) is 6.26 Å². The highest BCUT2D eigenvalue weighted by Crippen LogP contribution is 2.22. The first-order valence-electron chi connectivity index (χ1n) is 7.34. The average Bonchev–Trinajstić information content (AvgIpc) is 3.00. The number of hydrogen-bond donors (Lipinski definition) is 3. The molecule has 0 saturated heterocycles. The Kier molecular flexibility index (Phi) is 5.57. The van der Waals surface area contributed by atoms with E-state index in [1.165, 1.54) is 6.33 Å². The molecular formula is C15H23N5O. The summed E-state index contributed by atoms with van der Waals surface area (Å²) in [5.41, 5.74) is 3.68. The summed E-state index contributed by atoms with van der Waals surface area (Å²) in [5.74, 6) is 8.07. The molecule has 2 aromatic heterocycles. The fraction of sp³-hybridized carbons (Fsp3) is 0.467. The molecule has 0 aliphatic rings. The Morgan fingerprint density at radius 2 is 2.10 bits per heavy atom. The molecule has 0 saturated carbocycles. The van der Waals surface area contributed by atoms with Crippen molar-refractivity contribution in [1.29, 1.82) is 0 Å². The van der Waals surface area contributed by atoms with E-state index in [9.17, 15) is 0 Å². The van der Waals surface area contributed by atoms with Crippen LogP contribution in [0, 0.1) is 0 Å². The van der Waals surface area contributed by atoms with Crippen LogP contribution in [0.5, 0.6) is 0 Å². The summed E-state index contributed by atoms with van der Waals surface area (Å²) in [6, 6.07) is 4.19. The third kappa shape index (κ3) is 4.19. The third-order valence-electron chi connectivity index (χ3n) is 3.37. The Morgan fingerprint density at radius 1 is 1.29 bits per heavy atom. The number of nitrogen functional groups attached to an aromatic ring is 1. The molecule has 21 heavy (non-hydrogen) atoms. The van der Waals surface area contributed by atoms with E-state index < -0.39 is 0 Å². The molecule has 6 heteroatoms. The second-order valence-corrected chi connectivity index (χ2v) is 5.11. The molecule has 1 atom stereocenters. The third-order valence-corrected chi connectivity index (χ3v) is 3.37. The lowest BCUT2D eigenvalue weighted by Crippen LogP contribution is -2.20. The van der Waals surface area contributed by atoms with Crippen molar-refractivity contribution >= 4 is 11.6 Å². The molecule has 2 rings (SSSR count). The summed E-state index contributed by atoms with van der Waals surface area (Å²) >= 11 is 0. The minimum absolute atomic E-state index is 0.284. The second kappa shape index (κ2) is 7.64. The predicted octanol–water partition coefficient (Wildman–Crippen LogP) is 2.74. The van der Waals surface area contributed by atoms with Gasteiger partial charge in [-0.05, 0) is 31.9 Å². The highest BCUT2D eigenvalue weighted by Gasteiger charge is 2.12. The van der Waals surface area contributed by atoms with Crippen LogP contribution in [0.15, 0.2) is 29.1 Å². The van der Waals surface area contributed by atoms with Gasteiger partial charge in [0.2, 0.25) is 0 Å². The van der Waals surface area contributed by atoms with Gasteiger partial charge >= 0.3 is 0 Å². The van der Waals surface area contributed by atoms with Crippen LogP contribution in [0.2, 0.25) is 0 Å². The van der Waals surface area contributed by atoms with Gasteiger partial charge in [0.05, 0.1) is 6.26 Å². The Hall–Kier alpha value is -2.08. The van der Waals surface area contributed by atoms with Crippen molar-refractivity contribution in [3.8, 4) is 0 Å². The zero-order chi connectivity index (χ0) is 15.1. The SMILES string of the molecule is CCCc1c(NN)ncnc1NC(C)CCc1ccco1. The lowest BCUT2D eigenvalue weighted by Gasteiger charge is -2.18. The van der Waals surface area contributed by atoms with Crippen LogP contribution < -0.4 is 16.6 Å². The van der Waals surface area contributed by atoms with Gasteiger partial charge < -0.3 is 15.2 Å². The number of hydrazine groups is 1. The van der Waals surface area contributed by atoms with Crippen LogP contribution in [0.1, 0.15) is 38.0 Å². The van der Waals surface area contributed by atoms with Crippen molar-refractivity contribution < 1.29 is 4.42 Å².